The zero-order valence-electron chi connectivity index (χ0n) is 12.7. The molecule has 0 saturated carbocycles. The Labute approximate surface area is 126 Å². The lowest BCUT2D eigenvalue weighted by Gasteiger charge is -2.36. The van der Waals surface area contributed by atoms with E-state index in [1.165, 1.54) is 10.9 Å². The molecular weight excluding hydrogens is 262 g/mol. The highest BCUT2D eigenvalue weighted by Crippen LogP contribution is 2.25. The first-order valence-corrected chi connectivity index (χ1v) is 7.67. The van der Waals surface area contributed by atoms with E-state index in [9.17, 15) is 0 Å². The van der Waals surface area contributed by atoms with Crippen LogP contribution in [0.1, 0.15) is 18.5 Å². The van der Waals surface area contributed by atoms with E-state index in [0.717, 1.165) is 31.8 Å². The number of nitrogens with one attached hydrogen (secondary N) is 1. The lowest BCUT2D eigenvalue weighted by atomic mass is 9.98. The molecule has 0 aliphatic carbocycles. The van der Waals surface area contributed by atoms with Gasteiger partial charge >= 0.3 is 0 Å². The Morgan fingerprint density at radius 3 is 3.14 bits per heavy atom. The number of morpholine rings is 1. The standard InChI is InChI=1S/C17H23N3O/c1-3-20-9-10-21-16(12-20)17(18-2)14-6-7-15-13(11-14)5-4-8-19-15/h4-8,11,16-18H,3,9-10,12H2,1-2H3. The highest BCUT2D eigenvalue weighted by atomic mass is 16.5. The van der Waals surface area contributed by atoms with Gasteiger partial charge in [-0.1, -0.05) is 19.1 Å². The summed E-state index contributed by atoms with van der Waals surface area (Å²) < 4.78 is 6.01. The molecule has 2 heterocycles. The van der Waals surface area contributed by atoms with Crippen LogP contribution in [0.5, 0.6) is 0 Å². The number of aromatic nitrogens is 1. The summed E-state index contributed by atoms with van der Waals surface area (Å²) in [4.78, 5) is 6.83. The molecule has 1 aliphatic rings. The summed E-state index contributed by atoms with van der Waals surface area (Å²) in [6.45, 7) is 6.11. The number of likely N-dealkylation sites (N-methyl/N-ethyl adjacent to an activating group) is 2. The van der Waals surface area contributed by atoms with Crippen molar-refractivity contribution in [2.75, 3.05) is 33.3 Å². The predicted octanol–water partition coefficient (Wildman–Crippen LogP) is 2.22. The van der Waals surface area contributed by atoms with Gasteiger partial charge in [0.1, 0.15) is 0 Å². The summed E-state index contributed by atoms with van der Waals surface area (Å²) >= 11 is 0. The first-order valence-electron chi connectivity index (χ1n) is 7.67. The van der Waals surface area contributed by atoms with E-state index in [-0.39, 0.29) is 12.1 Å². The van der Waals surface area contributed by atoms with Crippen LogP contribution >= 0.6 is 0 Å². The summed E-state index contributed by atoms with van der Waals surface area (Å²) in [5, 5.41) is 4.60. The van der Waals surface area contributed by atoms with Crippen molar-refractivity contribution in [1.82, 2.24) is 15.2 Å². The molecular formula is C17H23N3O. The molecule has 4 heteroatoms. The first-order chi connectivity index (χ1) is 10.3. The molecule has 3 rings (SSSR count). The fraction of sp³-hybridized carbons (Fsp3) is 0.471. The first kappa shape index (κ1) is 14.4. The Morgan fingerprint density at radius 1 is 1.43 bits per heavy atom. The molecule has 21 heavy (non-hydrogen) atoms. The van der Waals surface area contributed by atoms with Gasteiger partial charge in [0, 0.05) is 24.7 Å². The van der Waals surface area contributed by atoms with Crippen LogP contribution in [0.4, 0.5) is 0 Å². The second-order valence-corrected chi connectivity index (χ2v) is 5.52. The zero-order chi connectivity index (χ0) is 14.7. The van der Waals surface area contributed by atoms with Gasteiger partial charge in [0.05, 0.1) is 24.3 Å². The van der Waals surface area contributed by atoms with E-state index in [1.807, 2.05) is 19.3 Å². The van der Waals surface area contributed by atoms with Gasteiger partial charge in [-0.05, 0) is 37.4 Å². The minimum Gasteiger partial charge on any atom is -0.374 e. The van der Waals surface area contributed by atoms with Crippen molar-refractivity contribution in [3.8, 4) is 0 Å². The number of benzene rings is 1. The van der Waals surface area contributed by atoms with E-state index >= 15 is 0 Å². The van der Waals surface area contributed by atoms with Gasteiger partial charge in [0.15, 0.2) is 0 Å². The van der Waals surface area contributed by atoms with Crippen molar-refractivity contribution >= 4 is 10.9 Å². The van der Waals surface area contributed by atoms with Crippen molar-refractivity contribution in [1.29, 1.82) is 0 Å². The molecule has 1 saturated heterocycles. The molecule has 1 aromatic carbocycles. The molecule has 2 unspecified atom stereocenters. The molecule has 1 aliphatic heterocycles. The Morgan fingerprint density at radius 2 is 2.33 bits per heavy atom. The van der Waals surface area contributed by atoms with Gasteiger partial charge in [-0.25, -0.2) is 0 Å². The largest absolute Gasteiger partial charge is 0.374 e. The molecule has 2 atom stereocenters. The second-order valence-electron chi connectivity index (χ2n) is 5.52. The zero-order valence-corrected chi connectivity index (χ0v) is 12.7. The van der Waals surface area contributed by atoms with Crippen molar-refractivity contribution in [2.24, 2.45) is 0 Å². The van der Waals surface area contributed by atoms with Crippen LogP contribution < -0.4 is 5.32 Å². The SMILES string of the molecule is CCN1CCOC(C(NC)c2ccc3ncccc3c2)C1. The molecule has 1 fully saturated rings. The Hall–Kier alpha value is -1.49. The van der Waals surface area contributed by atoms with Crippen LogP contribution in [0, 0.1) is 0 Å². The minimum absolute atomic E-state index is 0.192. The highest BCUT2D eigenvalue weighted by Gasteiger charge is 2.27. The van der Waals surface area contributed by atoms with E-state index < -0.39 is 0 Å². The number of hydrogen-bond acceptors (Lipinski definition) is 4. The Bertz CT molecular complexity index is 601. The van der Waals surface area contributed by atoms with Crippen LogP contribution in [0.3, 0.4) is 0 Å². The van der Waals surface area contributed by atoms with Gasteiger partial charge in [0.25, 0.3) is 0 Å². The molecule has 4 nitrogen and oxygen atoms in total. The van der Waals surface area contributed by atoms with Crippen molar-refractivity contribution in [3.63, 3.8) is 0 Å². The van der Waals surface area contributed by atoms with Crippen molar-refractivity contribution < 1.29 is 4.74 Å². The van der Waals surface area contributed by atoms with E-state index in [4.69, 9.17) is 4.74 Å². The summed E-state index contributed by atoms with van der Waals surface area (Å²) in [5.74, 6) is 0. The number of ether oxygens (including phenoxy) is 1. The van der Waals surface area contributed by atoms with Gasteiger partial charge in [-0.3, -0.25) is 9.88 Å². The topological polar surface area (TPSA) is 37.4 Å². The summed E-state index contributed by atoms with van der Waals surface area (Å²) in [7, 11) is 2.01. The Balaban J connectivity index is 1.86. The number of pyridine rings is 1. The van der Waals surface area contributed by atoms with Crippen LogP contribution in [0.15, 0.2) is 36.5 Å². The second kappa shape index (κ2) is 6.52. The monoisotopic (exact) mass is 285 g/mol. The van der Waals surface area contributed by atoms with Crippen molar-refractivity contribution in [3.05, 3.63) is 42.1 Å². The van der Waals surface area contributed by atoms with Crippen LogP contribution in [0.25, 0.3) is 10.9 Å². The molecule has 1 aromatic heterocycles. The van der Waals surface area contributed by atoms with E-state index in [0.29, 0.717) is 0 Å². The molecule has 0 amide bonds. The third-order valence-corrected chi connectivity index (χ3v) is 4.29. The van der Waals surface area contributed by atoms with Crippen LogP contribution in [-0.2, 0) is 4.74 Å². The molecule has 0 spiro atoms. The third-order valence-electron chi connectivity index (χ3n) is 4.29. The van der Waals surface area contributed by atoms with E-state index in [1.54, 1.807) is 0 Å². The average Bonchev–Trinajstić information content (AvgIpc) is 2.56. The normalized spacial score (nSPS) is 21.5. The maximum atomic E-state index is 6.01. The maximum Gasteiger partial charge on any atom is 0.0896 e. The lowest BCUT2D eigenvalue weighted by Crippen LogP contribution is -2.47. The minimum atomic E-state index is 0.192. The third kappa shape index (κ3) is 3.07. The number of nitrogens with zero attached hydrogens (tertiary/aromatic N) is 2. The van der Waals surface area contributed by atoms with Gasteiger partial charge in [0.2, 0.25) is 0 Å². The lowest BCUT2D eigenvalue weighted by molar-refractivity contribution is -0.0444. The van der Waals surface area contributed by atoms with Crippen LogP contribution in [0.2, 0.25) is 0 Å². The smallest absolute Gasteiger partial charge is 0.0896 e. The van der Waals surface area contributed by atoms with Gasteiger partial charge in [-0.15, -0.1) is 0 Å². The summed E-state index contributed by atoms with van der Waals surface area (Å²) in [6, 6.07) is 10.8. The van der Waals surface area contributed by atoms with Crippen LogP contribution in [-0.4, -0.2) is 49.3 Å². The molecule has 1 N–H and O–H groups in total. The molecule has 0 radical (unpaired) electrons. The summed E-state index contributed by atoms with van der Waals surface area (Å²) in [5.41, 5.74) is 2.30. The number of rotatable bonds is 4. The fourth-order valence-electron chi connectivity index (χ4n) is 3.08. The maximum absolute atomic E-state index is 6.01. The predicted molar refractivity (Wildman–Crippen MR) is 85.4 cm³/mol. The van der Waals surface area contributed by atoms with Crippen molar-refractivity contribution in [2.45, 2.75) is 19.1 Å². The molecule has 112 valence electrons. The number of fused-ring (bicyclic) bond motifs is 1. The highest BCUT2D eigenvalue weighted by molar-refractivity contribution is 5.79. The van der Waals surface area contributed by atoms with E-state index in [2.05, 4.69) is 46.4 Å². The molecule has 0 bridgehead atoms. The number of hydrogen-bond donors (Lipinski definition) is 1. The summed E-state index contributed by atoms with van der Waals surface area (Å²) in [6.07, 6.45) is 2.03. The van der Waals surface area contributed by atoms with Gasteiger partial charge in [-0.2, -0.15) is 0 Å². The Kier molecular flexibility index (Phi) is 4.48. The quantitative estimate of drug-likeness (QED) is 0.934. The van der Waals surface area contributed by atoms with Gasteiger partial charge < -0.3 is 10.1 Å². The molecule has 2 aromatic rings. The fourth-order valence-corrected chi connectivity index (χ4v) is 3.08. The average molecular weight is 285 g/mol.